The van der Waals surface area contributed by atoms with Crippen molar-refractivity contribution in [3.63, 3.8) is 0 Å². The van der Waals surface area contributed by atoms with Crippen molar-refractivity contribution >= 4 is 17.5 Å². The van der Waals surface area contributed by atoms with Gasteiger partial charge in [-0.1, -0.05) is 30.3 Å². The Balaban J connectivity index is 1.55. The highest BCUT2D eigenvalue weighted by Crippen LogP contribution is 2.48. The van der Waals surface area contributed by atoms with Crippen molar-refractivity contribution < 1.29 is 19.1 Å². The van der Waals surface area contributed by atoms with Crippen LogP contribution in [0.3, 0.4) is 0 Å². The Morgan fingerprint density at radius 3 is 2.45 bits per heavy atom. The number of aliphatic hydroxyl groups excluding tert-OH is 1. The summed E-state index contributed by atoms with van der Waals surface area (Å²) in [6.07, 6.45) is 3.09. The number of carbonyl (C=O) groups excluding carboxylic acids is 2. The van der Waals surface area contributed by atoms with E-state index < -0.39 is 17.8 Å². The van der Waals surface area contributed by atoms with Crippen LogP contribution in [0.5, 0.6) is 0 Å². The molecule has 1 fully saturated rings. The Bertz CT molecular complexity index is 1150. The van der Waals surface area contributed by atoms with Gasteiger partial charge in [0.25, 0.3) is 11.8 Å². The Hall–Kier alpha value is -3.58. The molecule has 2 aliphatic rings. The van der Waals surface area contributed by atoms with E-state index in [4.69, 9.17) is 0 Å². The van der Waals surface area contributed by atoms with Gasteiger partial charge in [0.1, 0.15) is 5.82 Å². The van der Waals surface area contributed by atoms with Crippen LogP contribution in [0.4, 0.5) is 10.1 Å². The molecule has 1 saturated heterocycles. The zero-order chi connectivity index (χ0) is 21.5. The van der Waals surface area contributed by atoms with Crippen molar-refractivity contribution in [2.45, 2.75) is 18.0 Å². The molecule has 1 aromatic heterocycles. The molecule has 2 amide bonds. The van der Waals surface area contributed by atoms with Gasteiger partial charge in [-0.25, -0.2) is 4.39 Å². The lowest BCUT2D eigenvalue weighted by Gasteiger charge is -2.58. The van der Waals surface area contributed by atoms with Crippen LogP contribution in [0.15, 0.2) is 73.1 Å². The number of pyridine rings is 1. The number of hydrogen-bond donors (Lipinski definition) is 1. The summed E-state index contributed by atoms with van der Waals surface area (Å²) in [7, 11) is 0. The molecule has 2 aliphatic heterocycles. The van der Waals surface area contributed by atoms with Gasteiger partial charge in [-0.2, -0.15) is 0 Å². The van der Waals surface area contributed by atoms with Gasteiger partial charge >= 0.3 is 0 Å². The molecule has 0 unspecified atom stereocenters. The monoisotopic (exact) mass is 417 g/mol. The lowest BCUT2D eigenvalue weighted by atomic mass is 9.71. The highest BCUT2D eigenvalue weighted by Gasteiger charge is 2.55. The molecule has 6 nitrogen and oxygen atoms in total. The first-order valence-corrected chi connectivity index (χ1v) is 10.1. The molecule has 3 heterocycles. The molecule has 156 valence electrons. The second-order valence-electron chi connectivity index (χ2n) is 7.75. The largest absolute Gasteiger partial charge is 0.394 e. The average Bonchev–Trinajstić information content (AvgIpc) is 2.80. The van der Waals surface area contributed by atoms with Gasteiger partial charge < -0.3 is 14.9 Å². The van der Waals surface area contributed by atoms with Gasteiger partial charge in [-0.3, -0.25) is 14.6 Å². The summed E-state index contributed by atoms with van der Waals surface area (Å²) in [5.74, 6) is -1.36. The van der Waals surface area contributed by atoms with E-state index in [0.717, 1.165) is 5.56 Å². The molecule has 0 radical (unpaired) electrons. The molecule has 2 aromatic carbocycles. The predicted molar refractivity (Wildman–Crippen MR) is 112 cm³/mol. The Morgan fingerprint density at radius 1 is 1.00 bits per heavy atom. The van der Waals surface area contributed by atoms with E-state index in [1.807, 2.05) is 24.3 Å². The standard InChI is InChI=1S/C24H20FN3O3/c25-18-7-3-1-5-16(18)24(31)27-13-20-22(17-6-2-4-8-19(17)27)21(14-29)28(20)23(30)15-9-11-26-12-10-15/h1-12,20-22,29H,13-14H2/t20-,21+,22+/m0/s1. The number of anilines is 1. The van der Waals surface area contributed by atoms with Gasteiger partial charge in [0.15, 0.2) is 0 Å². The molecule has 3 aromatic rings. The SMILES string of the molecule is O=C(c1ccccc1F)N1C[C@H]2[C@@H](c3ccccc31)[C@@H](CO)N2C(=O)c1ccncc1. The number of halogens is 1. The molecule has 31 heavy (non-hydrogen) atoms. The summed E-state index contributed by atoms with van der Waals surface area (Å²) < 4.78 is 14.4. The summed E-state index contributed by atoms with van der Waals surface area (Å²) in [6.45, 7) is 0.0375. The van der Waals surface area contributed by atoms with E-state index in [1.165, 1.54) is 17.0 Å². The Labute approximate surface area is 178 Å². The van der Waals surface area contributed by atoms with E-state index in [2.05, 4.69) is 4.98 Å². The average molecular weight is 417 g/mol. The molecular weight excluding hydrogens is 397 g/mol. The third-order valence-electron chi connectivity index (χ3n) is 6.20. The third-order valence-corrected chi connectivity index (χ3v) is 6.20. The lowest BCUT2D eigenvalue weighted by Crippen LogP contribution is -2.70. The Kier molecular flexibility index (Phi) is 4.75. The number of nitrogens with zero attached hydrogens (tertiary/aromatic N) is 3. The number of rotatable bonds is 3. The molecule has 0 aliphatic carbocycles. The number of benzene rings is 2. The molecule has 1 N–H and O–H groups in total. The van der Waals surface area contributed by atoms with Crippen LogP contribution in [-0.4, -0.2) is 52.0 Å². The van der Waals surface area contributed by atoms with E-state index in [-0.39, 0.29) is 36.6 Å². The first-order chi connectivity index (χ1) is 15.1. The first kappa shape index (κ1) is 19.4. The molecule has 5 rings (SSSR count). The second-order valence-corrected chi connectivity index (χ2v) is 7.75. The minimum Gasteiger partial charge on any atom is -0.394 e. The fourth-order valence-corrected chi connectivity index (χ4v) is 4.78. The maximum atomic E-state index is 14.4. The predicted octanol–water partition coefficient (Wildman–Crippen LogP) is 2.85. The maximum absolute atomic E-state index is 14.4. The maximum Gasteiger partial charge on any atom is 0.261 e. The van der Waals surface area contributed by atoms with Crippen molar-refractivity contribution in [3.05, 3.63) is 95.6 Å². The van der Waals surface area contributed by atoms with Crippen LogP contribution in [0, 0.1) is 5.82 Å². The highest BCUT2D eigenvalue weighted by molar-refractivity contribution is 6.07. The summed E-state index contributed by atoms with van der Waals surface area (Å²) in [5, 5.41) is 10.1. The normalized spacial score (nSPS) is 21.7. The van der Waals surface area contributed by atoms with E-state index in [1.54, 1.807) is 41.6 Å². The van der Waals surface area contributed by atoms with Crippen molar-refractivity contribution in [1.82, 2.24) is 9.88 Å². The number of aromatic nitrogens is 1. The fourth-order valence-electron chi connectivity index (χ4n) is 4.78. The first-order valence-electron chi connectivity index (χ1n) is 10.1. The van der Waals surface area contributed by atoms with E-state index in [9.17, 15) is 19.1 Å². The van der Waals surface area contributed by atoms with Crippen molar-refractivity contribution in [2.24, 2.45) is 0 Å². The number of hydrogen-bond acceptors (Lipinski definition) is 4. The van der Waals surface area contributed by atoms with E-state index >= 15 is 0 Å². The molecule has 0 spiro atoms. The van der Waals surface area contributed by atoms with Crippen molar-refractivity contribution in [3.8, 4) is 0 Å². The quantitative estimate of drug-likeness (QED) is 0.711. The van der Waals surface area contributed by atoms with Crippen molar-refractivity contribution in [2.75, 3.05) is 18.1 Å². The Morgan fingerprint density at radius 2 is 1.71 bits per heavy atom. The highest BCUT2D eigenvalue weighted by atomic mass is 19.1. The number of likely N-dealkylation sites (tertiary alicyclic amines) is 1. The molecule has 0 saturated carbocycles. The number of para-hydroxylation sites is 1. The van der Waals surface area contributed by atoms with Gasteiger partial charge in [-0.15, -0.1) is 0 Å². The topological polar surface area (TPSA) is 73.7 Å². The summed E-state index contributed by atoms with van der Waals surface area (Å²) in [6, 6.07) is 15.9. The molecular formula is C24H20FN3O3. The van der Waals surface area contributed by atoms with Crippen LogP contribution < -0.4 is 4.90 Å². The van der Waals surface area contributed by atoms with Gasteiger partial charge in [0.2, 0.25) is 0 Å². The third kappa shape index (κ3) is 3.00. The van der Waals surface area contributed by atoms with Crippen LogP contribution in [0.2, 0.25) is 0 Å². The lowest BCUT2D eigenvalue weighted by molar-refractivity contribution is -0.0246. The zero-order valence-corrected chi connectivity index (χ0v) is 16.6. The minimum absolute atomic E-state index is 0.0132. The number of carbonyl (C=O) groups is 2. The number of aliphatic hydroxyl groups is 1. The number of amides is 2. The second kappa shape index (κ2) is 7.59. The van der Waals surface area contributed by atoms with Gasteiger partial charge in [0, 0.05) is 36.1 Å². The molecule has 7 heteroatoms. The summed E-state index contributed by atoms with van der Waals surface area (Å²) in [4.78, 5) is 33.6. The van der Waals surface area contributed by atoms with Gasteiger partial charge in [0.05, 0.1) is 24.3 Å². The summed E-state index contributed by atoms with van der Waals surface area (Å²) >= 11 is 0. The number of fused-ring (bicyclic) bond motifs is 3. The van der Waals surface area contributed by atoms with Crippen LogP contribution >= 0.6 is 0 Å². The summed E-state index contributed by atoms with van der Waals surface area (Å²) in [5.41, 5.74) is 2.02. The zero-order valence-electron chi connectivity index (χ0n) is 16.6. The fraction of sp³-hybridized carbons (Fsp3) is 0.208. The van der Waals surface area contributed by atoms with Crippen LogP contribution in [0.1, 0.15) is 32.2 Å². The molecule has 3 atom stereocenters. The van der Waals surface area contributed by atoms with Crippen molar-refractivity contribution in [1.29, 1.82) is 0 Å². The molecule has 0 bridgehead atoms. The minimum atomic E-state index is -0.585. The van der Waals surface area contributed by atoms with Gasteiger partial charge in [-0.05, 0) is 35.9 Å². The smallest absolute Gasteiger partial charge is 0.261 e. The van der Waals surface area contributed by atoms with Crippen LogP contribution in [0.25, 0.3) is 0 Å². The van der Waals surface area contributed by atoms with E-state index in [0.29, 0.717) is 11.3 Å². The van der Waals surface area contributed by atoms with Crippen LogP contribution in [-0.2, 0) is 0 Å².